The van der Waals surface area contributed by atoms with Crippen molar-refractivity contribution in [2.75, 3.05) is 0 Å². The second kappa shape index (κ2) is 14.7. The van der Waals surface area contributed by atoms with E-state index in [1.807, 2.05) is 6.92 Å². The Bertz CT molecular complexity index is 126. The quantitative estimate of drug-likeness (QED) is 0.313. The normalized spacial score (nSPS) is 11.9. The fourth-order valence-corrected chi connectivity index (χ4v) is 1.67. The molecule has 0 aliphatic heterocycles. The summed E-state index contributed by atoms with van der Waals surface area (Å²) in [6.07, 6.45) is 13.0. The summed E-state index contributed by atoms with van der Waals surface area (Å²) in [5, 5.41) is 0. The molecule has 0 rings (SSSR count). The molecule has 1 atom stereocenters. The van der Waals surface area contributed by atoms with Gasteiger partial charge in [-0.25, -0.2) is 0 Å². The molecule has 0 N–H and O–H groups in total. The van der Waals surface area contributed by atoms with Gasteiger partial charge in [0.1, 0.15) is 6.29 Å². The van der Waals surface area contributed by atoms with E-state index in [0.717, 1.165) is 12.7 Å². The molecular formula is C13H27NaO. The van der Waals surface area contributed by atoms with Crippen LogP contribution < -0.4 is 0 Å². The van der Waals surface area contributed by atoms with Gasteiger partial charge in [-0.3, -0.25) is 0 Å². The van der Waals surface area contributed by atoms with Gasteiger partial charge in [-0.05, 0) is 6.42 Å². The van der Waals surface area contributed by atoms with E-state index in [9.17, 15) is 4.79 Å². The number of aldehydes is 1. The molecular weight excluding hydrogens is 195 g/mol. The third-order valence-corrected chi connectivity index (χ3v) is 2.75. The van der Waals surface area contributed by atoms with Crippen molar-refractivity contribution in [1.29, 1.82) is 0 Å². The summed E-state index contributed by atoms with van der Waals surface area (Å²) >= 11 is 0. The van der Waals surface area contributed by atoms with Crippen molar-refractivity contribution in [2.24, 2.45) is 5.92 Å². The van der Waals surface area contributed by atoms with Crippen molar-refractivity contribution in [3.05, 3.63) is 0 Å². The number of hydrogen-bond donors (Lipinski definition) is 0. The fourth-order valence-electron chi connectivity index (χ4n) is 1.67. The van der Waals surface area contributed by atoms with Gasteiger partial charge in [0.25, 0.3) is 0 Å². The van der Waals surface area contributed by atoms with Crippen LogP contribution in [-0.4, -0.2) is 35.8 Å². The molecule has 1 nitrogen and oxygen atoms in total. The summed E-state index contributed by atoms with van der Waals surface area (Å²) in [4.78, 5) is 10.3. The Morgan fingerprint density at radius 3 is 1.87 bits per heavy atom. The van der Waals surface area contributed by atoms with Gasteiger partial charge in [-0.2, -0.15) is 0 Å². The first-order valence-corrected chi connectivity index (χ1v) is 6.26. The molecule has 0 amide bonds. The number of rotatable bonds is 10. The summed E-state index contributed by atoms with van der Waals surface area (Å²) in [5.41, 5.74) is 0. The molecule has 1 unspecified atom stereocenters. The van der Waals surface area contributed by atoms with Gasteiger partial charge in [0.2, 0.25) is 0 Å². The van der Waals surface area contributed by atoms with Gasteiger partial charge in [0.05, 0.1) is 0 Å². The number of hydrogen-bond acceptors (Lipinski definition) is 1. The summed E-state index contributed by atoms with van der Waals surface area (Å²) in [5.74, 6) is 0.273. The van der Waals surface area contributed by atoms with Gasteiger partial charge >= 0.3 is 29.6 Å². The fraction of sp³-hybridized carbons (Fsp3) is 0.923. The van der Waals surface area contributed by atoms with Gasteiger partial charge in [-0.1, -0.05) is 65.2 Å². The number of carbonyl (C=O) groups excluding carboxylic acids is 1. The summed E-state index contributed by atoms with van der Waals surface area (Å²) in [6, 6.07) is 0. The van der Waals surface area contributed by atoms with E-state index in [4.69, 9.17) is 0 Å². The molecule has 0 fully saturated rings. The SMILES string of the molecule is CCCCCCCCCCC(C)C=O.[NaH]. The van der Waals surface area contributed by atoms with E-state index in [-0.39, 0.29) is 35.5 Å². The van der Waals surface area contributed by atoms with Crippen LogP contribution in [0.4, 0.5) is 0 Å². The van der Waals surface area contributed by atoms with Crippen molar-refractivity contribution in [1.82, 2.24) is 0 Å². The van der Waals surface area contributed by atoms with Gasteiger partial charge < -0.3 is 4.79 Å². The molecule has 0 aliphatic carbocycles. The van der Waals surface area contributed by atoms with Crippen molar-refractivity contribution in [3.63, 3.8) is 0 Å². The van der Waals surface area contributed by atoms with Crippen molar-refractivity contribution < 1.29 is 4.79 Å². The van der Waals surface area contributed by atoms with Crippen molar-refractivity contribution >= 4 is 35.8 Å². The Kier molecular flexibility index (Phi) is 17.6. The maximum absolute atomic E-state index is 10.3. The van der Waals surface area contributed by atoms with Crippen LogP contribution in [0.2, 0.25) is 0 Å². The first-order chi connectivity index (χ1) is 6.81. The van der Waals surface area contributed by atoms with E-state index < -0.39 is 0 Å². The first kappa shape index (κ1) is 18.0. The monoisotopic (exact) mass is 222 g/mol. The van der Waals surface area contributed by atoms with E-state index in [2.05, 4.69) is 6.92 Å². The molecule has 0 aromatic carbocycles. The van der Waals surface area contributed by atoms with Crippen LogP contribution in [0.1, 0.15) is 71.6 Å². The van der Waals surface area contributed by atoms with Crippen molar-refractivity contribution in [2.45, 2.75) is 71.6 Å². The second-order valence-corrected chi connectivity index (χ2v) is 4.38. The zero-order chi connectivity index (χ0) is 10.6. The van der Waals surface area contributed by atoms with E-state index in [1.165, 1.54) is 51.4 Å². The van der Waals surface area contributed by atoms with Crippen LogP contribution in [-0.2, 0) is 4.79 Å². The van der Waals surface area contributed by atoms with Crippen LogP contribution in [0.15, 0.2) is 0 Å². The zero-order valence-corrected chi connectivity index (χ0v) is 9.93. The Balaban J connectivity index is 0. The summed E-state index contributed by atoms with van der Waals surface area (Å²) in [6.45, 7) is 4.26. The molecule has 15 heavy (non-hydrogen) atoms. The van der Waals surface area contributed by atoms with Gasteiger partial charge in [0.15, 0.2) is 0 Å². The van der Waals surface area contributed by atoms with E-state index in [1.54, 1.807) is 0 Å². The van der Waals surface area contributed by atoms with Gasteiger partial charge in [0, 0.05) is 5.92 Å². The second-order valence-electron chi connectivity index (χ2n) is 4.38. The molecule has 0 saturated heterocycles. The maximum atomic E-state index is 10.3. The van der Waals surface area contributed by atoms with Crippen LogP contribution in [0.3, 0.4) is 0 Å². The Hall–Kier alpha value is 0.670. The predicted molar refractivity (Wildman–Crippen MR) is 69.6 cm³/mol. The Labute approximate surface area is 118 Å². The standard InChI is InChI=1S/C13H26O.Na.H/c1-3-4-5-6-7-8-9-10-11-13(2)12-14;;/h12-13H,3-11H2,1-2H3;;. The molecule has 0 saturated carbocycles. The van der Waals surface area contributed by atoms with Crippen LogP contribution in [0.5, 0.6) is 0 Å². The van der Waals surface area contributed by atoms with E-state index in [0.29, 0.717) is 0 Å². The van der Waals surface area contributed by atoms with Crippen molar-refractivity contribution in [3.8, 4) is 0 Å². The van der Waals surface area contributed by atoms with Gasteiger partial charge in [-0.15, -0.1) is 0 Å². The molecule has 0 aromatic rings. The molecule has 0 radical (unpaired) electrons. The Morgan fingerprint density at radius 1 is 0.933 bits per heavy atom. The van der Waals surface area contributed by atoms with Crippen LogP contribution >= 0.6 is 0 Å². The van der Waals surface area contributed by atoms with Crippen LogP contribution in [0, 0.1) is 5.92 Å². The molecule has 0 bridgehead atoms. The third-order valence-electron chi connectivity index (χ3n) is 2.75. The number of carbonyl (C=O) groups is 1. The Morgan fingerprint density at radius 2 is 1.40 bits per heavy atom. The minimum atomic E-state index is 0. The summed E-state index contributed by atoms with van der Waals surface area (Å²) in [7, 11) is 0. The average molecular weight is 222 g/mol. The molecule has 0 spiro atoms. The third kappa shape index (κ3) is 14.7. The molecule has 86 valence electrons. The predicted octanol–water partition coefficient (Wildman–Crippen LogP) is 3.70. The van der Waals surface area contributed by atoms with Crippen LogP contribution in [0.25, 0.3) is 0 Å². The summed E-state index contributed by atoms with van der Waals surface area (Å²) < 4.78 is 0. The van der Waals surface area contributed by atoms with E-state index >= 15 is 0 Å². The topological polar surface area (TPSA) is 17.1 Å². The molecule has 2 heteroatoms. The first-order valence-electron chi connectivity index (χ1n) is 6.26. The minimum absolute atomic E-state index is 0. The molecule has 0 heterocycles. The number of unbranched alkanes of at least 4 members (excludes halogenated alkanes) is 7. The average Bonchev–Trinajstić information content (AvgIpc) is 2.21. The molecule has 0 aliphatic rings. The molecule has 0 aromatic heterocycles. The zero-order valence-electron chi connectivity index (χ0n) is 9.93.